The lowest BCUT2D eigenvalue weighted by atomic mass is 10.1. The molecule has 0 radical (unpaired) electrons. The smallest absolute Gasteiger partial charge is 0.271 e. The van der Waals surface area contributed by atoms with E-state index in [1.165, 1.54) is 0 Å². The highest BCUT2D eigenvalue weighted by molar-refractivity contribution is 6.33. The summed E-state index contributed by atoms with van der Waals surface area (Å²) in [5.41, 5.74) is 7.76. The number of H-pyrrole nitrogens is 1. The van der Waals surface area contributed by atoms with Crippen LogP contribution in [0.5, 0.6) is 0 Å². The zero-order valence-electron chi connectivity index (χ0n) is 10.8. The summed E-state index contributed by atoms with van der Waals surface area (Å²) in [4.78, 5) is 14.0. The first-order valence-corrected chi connectivity index (χ1v) is 6.88. The first-order chi connectivity index (χ1) is 9.65. The molecule has 3 rings (SSSR count). The summed E-state index contributed by atoms with van der Waals surface area (Å²) >= 11 is 6.13. The molecule has 1 aromatic carbocycles. The van der Waals surface area contributed by atoms with Crippen LogP contribution in [0.15, 0.2) is 30.3 Å². The topological polar surface area (TPSA) is 75.0 Å². The van der Waals surface area contributed by atoms with Crippen LogP contribution in [0, 0.1) is 0 Å². The number of aromatic amines is 1. The maximum absolute atomic E-state index is 12.3. The van der Waals surface area contributed by atoms with E-state index >= 15 is 0 Å². The summed E-state index contributed by atoms with van der Waals surface area (Å²) in [6, 6.07) is 9.22. The van der Waals surface area contributed by atoms with Crippen LogP contribution in [0.4, 0.5) is 0 Å². The summed E-state index contributed by atoms with van der Waals surface area (Å²) in [7, 11) is 0. The highest BCUT2D eigenvalue weighted by Crippen LogP contribution is 2.26. The molecule has 6 heteroatoms. The van der Waals surface area contributed by atoms with Gasteiger partial charge in [0, 0.05) is 24.7 Å². The fraction of sp³-hybridized carbons (Fsp3) is 0.286. The molecule has 1 aromatic heterocycles. The number of likely N-dealkylation sites (tertiary alicyclic amines) is 1. The van der Waals surface area contributed by atoms with Crippen molar-refractivity contribution < 1.29 is 4.79 Å². The van der Waals surface area contributed by atoms with Gasteiger partial charge in [-0.1, -0.05) is 29.8 Å². The Morgan fingerprint density at radius 3 is 2.95 bits per heavy atom. The zero-order valence-corrected chi connectivity index (χ0v) is 11.6. The predicted octanol–water partition coefficient (Wildman–Crippen LogP) is 1.90. The van der Waals surface area contributed by atoms with E-state index in [4.69, 9.17) is 17.3 Å². The molecule has 2 heterocycles. The third kappa shape index (κ3) is 2.42. The van der Waals surface area contributed by atoms with Gasteiger partial charge in [0.15, 0.2) is 0 Å². The van der Waals surface area contributed by atoms with E-state index in [1.54, 1.807) is 17.0 Å². The van der Waals surface area contributed by atoms with Gasteiger partial charge < -0.3 is 10.6 Å². The first kappa shape index (κ1) is 13.1. The number of nitrogens with two attached hydrogens (primary N) is 1. The standard InChI is InChI=1S/C14H15ClN4O/c15-11-4-2-1-3-10(11)12-7-13(18-17-12)14(20)19-6-5-9(16)8-19/h1-4,7,9H,5-6,8,16H2,(H,17,18)/t9-/m1/s1. The monoisotopic (exact) mass is 290 g/mol. The largest absolute Gasteiger partial charge is 0.336 e. The second kappa shape index (κ2) is 5.26. The van der Waals surface area contributed by atoms with Gasteiger partial charge in [-0.2, -0.15) is 5.10 Å². The number of carbonyl (C=O) groups is 1. The number of hydrogen-bond donors (Lipinski definition) is 2. The Hall–Kier alpha value is -1.85. The molecule has 0 bridgehead atoms. The molecule has 5 nitrogen and oxygen atoms in total. The van der Waals surface area contributed by atoms with E-state index < -0.39 is 0 Å². The van der Waals surface area contributed by atoms with E-state index in [9.17, 15) is 4.79 Å². The van der Waals surface area contributed by atoms with Crippen LogP contribution >= 0.6 is 11.6 Å². The average molecular weight is 291 g/mol. The fourth-order valence-corrected chi connectivity index (χ4v) is 2.61. The van der Waals surface area contributed by atoms with Crippen molar-refractivity contribution >= 4 is 17.5 Å². The van der Waals surface area contributed by atoms with Crippen molar-refractivity contribution in [1.82, 2.24) is 15.1 Å². The minimum absolute atomic E-state index is 0.0660. The van der Waals surface area contributed by atoms with Crippen LogP contribution in [0.3, 0.4) is 0 Å². The number of carbonyl (C=O) groups excluding carboxylic acids is 1. The molecule has 104 valence electrons. The quantitative estimate of drug-likeness (QED) is 0.887. The van der Waals surface area contributed by atoms with Crippen LogP contribution in [-0.2, 0) is 0 Å². The number of rotatable bonds is 2. The fourth-order valence-electron chi connectivity index (χ4n) is 2.38. The number of hydrogen-bond acceptors (Lipinski definition) is 3. The van der Waals surface area contributed by atoms with Gasteiger partial charge >= 0.3 is 0 Å². The molecule has 0 aliphatic carbocycles. The molecule has 0 spiro atoms. The second-order valence-electron chi connectivity index (χ2n) is 4.95. The molecule has 1 aliphatic heterocycles. The van der Waals surface area contributed by atoms with Crippen LogP contribution in [0.25, 0.3) is 11.3 Å². The van der Waals surface area contributed by atoms with E-state index in [2.05, 4.69) is 10.2 Å². The molecule has 0 saturated carbocycles. The Bertz CT molecular complexity index is 640. The lowest BCUT2D eigenvalue weighted by molar-refractivity contribution is 0.0785. The maximum atomic E-state index is 12.3. The number of nitrogens with one attached hydrogen (secondary N) is 1. The normalized spacial score (nSPS) is 18.5. The Kier molecular flexibility index (Phi) is 3.46. The van der Waals surface area contributed by atoms with Gasteiger partial charge in [-0.15, -0.1) is 0 Å². The third-order valence-corrected chi connectivity index (χ3v) is 3.80. The van der Waals surface area contributed by atoms with Crippen LogP contribution < -0.4 is 5.73 Å². The number of halogens is 1. The van der Waals surface area contributed by atoms with E-state index in [-0.39, 0.29) is 11.9 Å². The Morgan fingerprint density at radius 2 is 2.25 bits per heavy atom. The van der Waals surface area contributed by atoms with Crippen molar-refractivity contribution in [3.63, 3.8) is 0 Å². The number of benzene rings is 1. The summed E-state index contributed by atoms with van der Waals surface area (Å²) in [5, 5.41) is 7.57. The van der Waals surface area contributed by atoms with Gasteiger partial charge in [0.05, 0.1) is 10.7 Å². The number of nitrogens with zero attached hydrogens (tertiary/aromatic N) is 2. The Balaban J connectivity index is 1.84. The van der Waals surface area contributed by atoms with Crippen molar-refractivity contribution in [1.29, 1.82) is 0 Å². The highest BCUT2D eigenvalue weighted by atomic mass is 35.5. The minimum Gasteiger partial charge on any atom is -0.336 e. The lowest BCUT2D eigenvalue weighted by Crippen LogP contribution is -2.32. The van der Waals surface area contributed by atoms with Gasteiger partial charge in [0.1, 0.15) is 5.69 Å². The first-order valence-electron chi connectivity index (χ1n) is 6.50. The van der Waals surface area contributed by atoms with Gasteiger partial charge in [-0.3, -0.25) is 9.89 Å². The van der Waals surface area contributed by atoms with Gasteiger partial charge in [0.25, 0.3) is 5.91 Å². The van der Waals surface area contributed by atoms with Gasteiger partial charge in [-0.25, -0.2) is 0 Å². The number of amides is 1. The predicted molar refractivity (Wildman–Crippen MR) is 77.5 cm³/mol. The molecule has 1 amide bonds. The molecule has 0 unspecified atom stereocenters. The van der Waals surface area contributed by atoms with Crippen molar-refractivity contribution in [2.45, 2.75) is 12.5 Å². The average Bonchev–Trinajstić information content (AvgIpc) is 3.07. The molecule has 1 aliphatic rings. The van der Waals surface area contributed by atoms with Gasteiger partial charge in [0.2, 0.25) is 0 Å². The molecule has 2 aromatic rings. The van der Waals surface area contributed by atoms with Crippen molar-refractivity contribution in [2.24, 2.45) is 5.73 Å². The lowest BCUT2D eigenvalue weighted by Gasteiger charge is -2.13. The zero-order chi connectivity index (χ0) is 14.1. The molecule has 1 saturated heterocycles. The van der Waals surface area contributed by atoms with E-state index in [0.717, 1.165) is 12.0 Å². The third-order valence-electron chi connectivity index (χ3n) is 3.47. The SMILES string of the molecule is N[C@@H]1CCN(C(=O)c2cc(-c3ccccc3Cl)n[nH]2)C1. The second-order valence-corrected chi connectivity index (χ2v) is 5.35. The maximum Gasteiger partial charge on any atom is 0.271 e. The van der Waals surface area contributed by atoms with Crippen LogP contribution in [0.2, 0.25) is 5.02 Å². The summed E-state index contributed by atoms with van der Waals surface area (Å²) in [6.07, 6.45) is 0.844. The number of aromatic nitrogens is 2. The Labute approximate surface area is 121 Å². The van der Waals surface area contributed by atoms with Crippen LogP contribution in [-0.4, -0.2) is 40.1 Å². The van der Waals surface area contributed by atoms with Crippen molar-refractivity contribution in [3.05, 3.63) is 41.0 Å². The molecule has 20 heavy (non-hydrogen) atoms. The van der Waals surface area contributed by atoms with Crippen molar-refractivity contribution in [3.8, 4) is 11.3 Å². The molecule has 1 atom stereocenters. The Morgan fingerprint density at radius 1 is 1.45 bits per heavy atom. The van der Waals surface area contributed by atoms with Gasteiger partial charge in [-0.05, 0) is 18.6 Å². The summed E-state index contributed by atoms with van der Waals surface area (Å²) in [5.74, 6) is -0.0660. The molecule has 3 N–H and O–H groups in total. The van der Waals surface area contributed by atoms with Crippen LogP contribution in [0.1, 0.15) is 16.9 Å². The van der Waals surface area contributed by atoms with Crippen molar-refractivity contribution in [2.75, 3.05) is 13.1 Å². The van der Waals surface area contributed by atoms with E-state index in [1.807, 2.05) is 18.2 Å². The van der Waals surface area contributed by atoms with E-state index in [0.29, 0.717) is 29.5 Å². The molecular formula is C14H15ClN4O. The molecule has 1 fully saturated rings. The minimum atomic E-state index is -0.0660. The summed E-state index contributed by atoms with van der Waals surface area (Å²) < 4.78 is 0. The highest BCUT2D eigenvalue weighted by Gasteiger charge is 2.25. The molecular weight excluding hydrogens is 276 g/mol. The summed E-state index contributed by atoms with van der Waals surface area (Å²) in [6.45, 7) is 1.29.